The zero-order valence-electron chi connectivity index (χ0n) is 10.8. The number of aliphatic carboxylic acids is 1. The number of carboxylic acid groups (broad SMARTS) is 1. The standard InChI is InChI=1S/C14H16N2O3/c1-8(13(14(18)19)16-9(2)17)11-7-15-12-6-4-3-5-10(11)12/h3-8,13,15H,1-2H3,(H,16,17)(H,18,19)/t8?,13-/m0/s1. The summed E-state index contributed by atoms with van der Waals surface area (Å²) < 4.78 is 0. The van der Waals surface area contributed by atoms with Crippen molar-refractivity contribution in [2.75, 3.05) is 0 Å². The van der Waals surface area contributed by atoms with E-state index in [4.69, 9.17) is 0 Å². The van der Waals surface area contributed by atoms with E-state index in [-0.39, 0.29) is 11.8 Å². The summed E-state index contributed by atoms with van der Waals surface area (Å²) >= 11 is 0. The summed E-state index contributed by atoms with van der Waals surface area (Å²) in [5, 5.41) is 12.7. The van der Waals surface area contributed by atoms with E-state index in [0.29, 0.717) is 0 Å². The SMILES string of the molecule is CC(=O)N[C@H](C(=O)O)C(C)c1c[nH]c2ccccc12. The van der Waals surface area contributed by atoms with E-state index < -0.39 is 12.0 Å². The summed E-state index contributed by atoms with van der Waals surface area (Å²) in [5.74, 6) is -1.70. The number of carboxylic acids is 1. The number of aromatic nitrogens is 1. The number of hydrogen-bond acceptors (Lipinski definition) is 2. The molecular formula is C14H16N2O3. The number of H-pyrrole nitrogens is 1. The highest BCUT2D eigenvalue weighted by atomic mass is 16.4. The van der Waals surface area contributed by atoms with Crippen molar-refractivity contribution in [1.82, 2.24) is 10.3 Å². The summed E-state index contributed by atoms with van der Waals surface area (Å²) in [6.45, 7) is 3.11. The highest BCUT2D eigenvalue weighted by Crippen LogP contribution is 2.27. The van der Waals surface area contributed by atoms with Crippen LogP contribution < -0.4 is 5.32 Å². The van der Waals surface area contributed by atoms with Crippen molar-refractivity contribution in [2.45, 2.75) is 25.8 Å². The molecule has 0 saturated heterocycles. The predicted octanol–water partition coefficient (Wildman–Crippen LogP) is 1.86. The van der Waals surface area contributed by atoms with Gasteiger partial charge in [-0.3, -0.25) is 4.79 Å². The van der Waals surface area contributed by atoms with E-state index >= 15 is 0 Å². The van der Waals surface area contributed by atoms with Crippen LogP contribution in [0.2, 0.25) is 0 Å². The van der Waals surface area contributed by atoms with Gasteiger partial charge in [0.15, 0.2) is 0 Å². The maximum atomic E-state index is 11.3. The first-order valence-corrected chi connectivity index (χ1v) is 6.06. The molecule has 2 atom stereocenters. The predicted molar refractivity (Wildman–Crippen MR) is 72.0 cm³/mol. The number of amides is 1. The molecule has 1 amide bonds. The molecule has 2 aromatic rings. The average Bonchev–Trinajstić information content (AvgIpc) is 2.78. The smallest absolute Gasteiger partial charge is 0.326 e. The number of carbonyl (C=O) groups excluding carboxylic acids is 1. The number of fused-ring (bicyclic) bond motifs is 1. The Bertz CT molecular complexity index is 618. The van der Waals surface area contributed by atoms with Crippen molar-refractivity contribution in [2.24, 2.45) is 0 Å². The van der Waals surface area contributed by atoms with Crippen LogP contribution in [0, 0.1) is 0 Å². The molecule has 0 aliphatic rings. The Hall–Kier alpha value is -2.30. The van der Waals surface area contributed by atoms with Crippen LogP contribution in [0.1, 0.15) is 25.3 Å². The molecule has 1 aromatic heterocycles. The summed E-state index contributed by atoms with van der Waals surface area (Å²) in [6.07, 6.45) is 1.80. The molecule has 0 spiro atoms. The molecule has 5 heteroatoms. The molecule has 2 rings (SSSR count). The number of aromatic amines is 1. The summed E-state index contributed by atoms with van der Waals surface area (Å²) in [4.78, 5) is 25.5. The Morgan fingerprint density at radius 1 is 1.32 bits per heavy atom. The number of rotatable bonds is 4. The van der Waals surface area contributed by atoms with Crippen LogP contribution in [-0.4, -0.2) is 28.0 Å². The fourth-order valence-corrected chi connectivity index (χ4v) is 2.27. The Balaban J connectivity index is 2.38. The first-order valence-electron chi connectivity index (χ1n) is 6.06. The van der Waals surface area contributed by atoms with Gasteiger partial charge in [-0.15, -0.1) is 0 Å². The van der Waals surface area contributed by atoms with Crippen LogP contribution in [0.3, 0.4) is 0 Å². The van der Waals surface area contributed by atoms with Gasteiger partial charge in [-0.2, -0.15) is 0 Å². The van der Waals surface area contributed by atoms with Crippen molar-refractivity contribution in [3.8, 4) is 0 Å². The molecule has 5 nitrogen and oxygen atoms in total. The lowest BCUT2D eigenvalue weighted by atomic mass is 9.93. The number of para-hydroxylation sites is 1. The molecule has 0 bridgehead atoms. The molecule has 0 aliphatic heterocycles. The van der Waals surface area contributed by atoms with E-state index in [2.05, 4.69) is 10.3 Å². The van der Waals surface area contributed by atoms with Gasteiger partial charge in [-0.1, -0.05) is 25.1 Å². The van der Waals surface area contributed by atoms with Gasteiger partial charge in [0, 0.05) is 29.9 Å². The molecule has 3 N–H and O–H groups in total. The Labute approximate surface area is 110 Å². The second kappa shape index (κ2) is 5.14. The molecule has 0 aliphatic carbocycles. The van der Waals surface area contributed by atoms with Gasteiger partial charge in [-0.05, 0) is 11.6 Å². The van der Waals surface area contributed by atoms with Gasteiger partial charge < -0.3 is 15.4 Å². The van der Waals surface area contributed by atoms with Crippen LogP contribution in [0.25, 0.3) is 10.9 Å². The third kappa shape index (κ3) is 2.59. The van der Waals surface area contributed by atoms with Gasteiger partial charge in [0.2, 0.25) is 5.91 Å². The number of benzene rings is 1. The minimum absolute atomic E-state index is 0.322. The van der Waals surface area contributed by atoms with Gasteiger partial charge in [0.25, 0.3) is 0 Å². The first-order chi connectivity index (χ1) is 9.00. The third-order valence-electron chi connectivity index (χ3n) is 3.24. The quantitative estimate of drug-likeness (QED) is 0.784. The Morgan fingerprint density at radius 3 is 2.63 bits per heavy atom. The second-order valence-electron chi connectivity index (χ2n) is 4.59. The maximum absolute atomic E-state index is 11.3. The maximum Gasteiger partial charge on any atom is 0.326 e. The molecule has 0 radical (unpaired) electrons. The van der Waals surface area contributed by atoms with Crippen LogP contribution in [0.4, 0.5) is 0 Å². The minimum Gasteiger partial charge on any atom is -0.480 e. The monoisotopic (exact) mass is 260 g/mol. The molecule has 0 saturated carbocycles. The fourth-order valence-electron chi connectivity index (χ4n) is 2.27. The molecule has 1 aromatic carbocycles. The summed E-state index contributed by atoms with van der Waals surface area (Å²) in [5.41, 5.74) is 1.84. The lowest BCUT2D eigenvalue weighted by Gasteiger charge is -2.20. The van der Waals surface area contributed by atoms with Crippen molar-refractivity contribution in [3.63, 3.8) is 0 Å². The minimum atomic E-state index is -1.03. The lowest BCUT2D eigenvalue weighted by molar-refractivity contribution is -0.142. The van der Waals surface area contributed by atoms with Crippen molar-refractivity contribution in [3.05, 3.63) is 36.0 Å². The molecular weight excluding hydrogens is 244 g/mol. The molecule has 1 heterocycles. The van der Waals surface area contributed by atoms with Crippen LogP contribution in [0.15, 0.2) is 30.5 Å². The van der Waals surface area contributed by atoms with Gasteiger partial charge in [-0.25, -0.2) is 4.79 Å². The van der Waals surface area contributed by atoms with E-state index in [9.17, 15) is 14.7 Å². The van der Waals surface area contributed by atoms with Crippen molar-refractivity contribution in [1.29, 1.82) is 0 Å². The van der Waals surface area contributed by atoms with Crippen molar-refractivity contribution >= 4 is 22.8 Å². The lowest BCUT2D eigenvalue weighted by Crippen LogP contribution is -2.43. The highest BCUT2D eigenvalue weighted by Gasteiger charge is 2.28. The molecule has 1 unspecified atom stereocenters. The van der Waals surface area contributed by atoms with Gasteiger partial charge in [0.05, 0.1) is 0 Å². The van der Waals surface area contributed by atoms with Crippen LogP contribution in [-0.2, 0) is 9.59 Å². The number of carbonyl (C=O) groups is 2. The fraction of sp³-hybridized carbons (Fsp3) is 0.286. The van der Waals surface area contributed by atoms with E-state index in [1.54, 1.807) is 13.1 Å². The first kappa shape index (κ1) is 13.1. The zero-order chi connectivity index (χ0) is 14.0. The van der Waals surface area contributed by atoms with Crippen LogP contribution >= 0.6 is 0 Å². The largest absolute Gasteiger partial charge is 0.480 e. The van der Waals surface area contributed by atoms with Gasteiger partial charge >= 0.3 is 5.97 Å². The molecule has 0 fully saturated rings. The second-order valence-corrected chi connectivity index (χ2v) is 4.59. The van der Waals surface area contributed by atoms with E-state index in [1.165, 1.54) is 6.92 Å². The Kier molecular flexibility index (Phi) is 3.55. The molecule has 19 heavy (non-hydrogen) atoms. The summed E-state index contributed by atoms with van der Waals surface area (Å²) in [7, 11) is 0. The normalized spacial score (nSPS) is 14.0. The zero-order valence-corrected chi connectivity index (χ0v) is 10.8. The topological polar surface area (TPSA) is 82.2 Å². The third-order valence-corrected chi connectivity index (χ3v) is 3.24. The number of hydrogen-bond donors (Lipinski definition) is 3. The van der Waals surface area contributed by atoms with E-state index in [1.807, 2.05) is 24.3 Å². The Morgan fingerprint density at radius 2 is 2.00 bits per heavy atom. The van der Waals surface area contributed by atoms with Crippen molar-refractivity contribution < 1.29 is 14.7 Å². The summed E-state index contributed by atoms with van der Waals surface area (Å²) in [6, 6.07) is 6.75. The molecule has 100 valence electrons. The number of nitrogens with one attached hydrogen (secondary N) is 2. The van der Waals surface area contributed by atoms with Gasteiger partial charge in [0.1, 0.15) is 6.04 Å². The van der Waals surface area contributed by atoms with E-state index in [0.717, 1.165) is 16.5 Å². The average molecular weight is 260 g/mol. The van der Waals surface area contributed by atoms with Crippen LogP contribution in [0.5, 0.6) is 0 Å². The highest BCUT2D eigenvalue weighted by molar-refractivity contribution is 5.87.